The first-order valence-electron chi connectivity index (χ1n) is 9.45. The molecule has 0 amide bonds. The highest BCUT2D eigenvalue weighted by Gasteiger charge is 2.08. The molecule has 0 saturated carbocycles. The summed E-state index contributed by atoms with van der Waals surface area (Å²) in [5, 5.41) is 12.9. The van der Waals surface area contributed by atoms with E-state index >= 15 is 0 Å². The third kappa shape index (κ3) is 4.56. The van der Waals surface area contributed by atoms with Gasteiger partial charge in [-0.05, 0) is 61.0 Å². The molecule has 1 heterocycles. The number of aryl methyl sites for hydroxylation is 1. The van der Waals surface area contributed by atoms with E-state index in [1.165, 1.54) is 30.5 Å². The van der Waals surface area contributed by atoms with E-state index in [1.54, 1.807) is 31.2 Å². The lowest BCUT2D eigenvalue weighted by Gasteiger charge is -2.11. The van der Waals surface area contributed by atoms with Crippen molar-refractivity contribution >= 4 is 22.3 Å². The summed E-state index contributed by atoms with van der Waals surface area (Å²) in [7, 11) is 0. The highest BCUT2D eigenvalue weighted by Crippen LogP contribution is 2.30. The maximum Gasteiger partial charge on any atom is 0.166 e. The van der Waals surface area contributed by atoms with Crippen LogP contribution in [0.2, 0.25) is 0 Å². The van der Waals surface area contributed by atoms with Crippen LogP contribution in [0.4, 0.5) is 14.5 Å². The maximum atomic E-state index is 13.7. The Hall–Kier alpha value is -4.13. The number of nitrogens with one attached hydrogen (secondary N) is 1. The molecule has 0 bridgehead atoms. The average Bonchev–Trinajstić information content (AvgIpc) is 2.73. The molecule has 0 aliphatic rings. The summed E-state index contributed by atoms with van der Waals surface area (Å²) in [6.07, 6.45) is 1.50. The number of ether oxygens (including phenoxy) is 1. The van der Waals surface area contributed by atoms with Crippen molar-refractivity contribution in [1.82, 2.24) is 4.98 Å². The van der Waals surface area contributed by atoms with E-state index in [9.17, 15) is 13.9 Å². The first kappa shape index (κ1) is 20.2. The van der Waals surface area contributed by atoms with Crippen LogP contribution in [0.25, 0.3) is 16.6 Å². The van der Waals surface area contributed by atoms with Crippen LogP contribution >= 0.6 is 0 Å². The summed E-state index contributed by atoms with van der Waals surface area (Å²) in [6.45, 7) is 1.79. The zero-order valence-electron chi connectivity index (χ0n) is 16.6. The summed E-state index contributed by atoms with van der Waals surface area (Å²) >= 11 is 0. The number of pyridine rings is 1. The van der Waals surface area contributed by atoms with Crippen molar-refractivity contribution in [2.75, 3.05) is 5.32 Å². The monoisotopic (exact) mass is 419 g/mol. The largest absolute Gasteiger partial charge is 0.505 e. The fraction of sp³-hybridized carbons (Fsp3) is 0.0417. The summed E-state index contributed by atoms with van der Waals surface area (Å²) in [6, 6.07) is 17.4. The van der Waals surface area contributed by atoms with Crippen molar-refractivity contribution in [3.63, 3.8) is 0 Å². The molecule has 7 heteroatoms. The molecule has 3 aromatic carbocycles. The van der Waals surface area contributed by atoms with Crippen LogP contribution in [0, 0.1) is 18.6 Å². The Morgan fingerprint density at radius 1 is 1.06 bits per heavy atom. The lowest BCUT2D eigenvalue weighted by Crippen LogP contribution is -2.03. The van der Waals surface area contributed by atoms with Gasteiger partial charge in [0.2, 0.25) is 0 Å². The number of nitrogens with zero attached hydrogens (tertiary/aromatic N) is 1. The van der Waals surface area contributed by atoms with Crippen LogP contribution in [-0.4, -0.2) is 10.1 Å². The van der Waals surface area contributed by atoms with Crippen LogP contribution in [0.5, 0.6) is 17.2 Å². The number of hydrogen-bond donors (Lipinski definition) is 3. The lowest BCUT2D eigenvalue weighted by molar-refractivity contribution is 0.432. The number of anilines is 1. The molecular formula is C24H19F2N3O2. The van der Waals surface area contributed by atoms with Crippen LogP contribution in [0.3, 0.4) is 0 Å². The second kappa shape index (κ2) is 8.31. The molecule has 31 heavy (non-hydrogen) atoms. The van der Waals surface area contributed by atoms with Gasteiger partial charge in [-0.1, -0.05) is 6.07 Å². The van der Waals surface area contributed by atoms with E-state index < -0.39 is 11.6 Å². The Labute approximate surface area is 177 Å². The predicted molar refractivity (Wildman–Crippen MR) is 117 cm³/mol. The quantitative estimate of drug-likeness (QED) is 0.362. The van der Waals surface area contributed by atoms with E-state index in [0.717, 1.165) is 17.0 Å². The van der Waals surface area contributed by atoms with Crippen molar-refractivity contribution in [1.29, 1.82) is 0 Å². The van der Waals surface area contributed by atoms with Gasteiger partial charge in [0.25, 0.3) is 0 Å². The van der Waals surface area contributed by atoms with Crippen LogP contribution < -0.4 is 15.8 Å². The zero-order chi connectivity index (χ0) is 22.0. The molecule has 0 spiro atoms. The van der Waals surface area contributed by atoms with Gasteiger partial charge in [0.1, 0.15) is 17.3 Å². The standard InChI is InChI=1S/C24H19F2N3O2/c1-14-9-15(25)11-17(10-14)31-24-4-2-3-21-18(24)6-7-22(29-21)20(27)13-28-16-5-8-23(30)19(26)12-16/h2-13,28,30H,27H2,1H3/b20-13-. The second-order valence-electron chi connectivity index (χ2n) is 7.00. The highest BCUT2D eigenvalue weighted by molar-refractivity contribution is 5.87. The number of fused-ring (bicyclic) bond motifs is 1. The molecule has 4 aromatic rings. The Morgan fingerprint density at radius 2 is 1.90 bits per heavy atom. The minimum atomic E-state index is -0.734. The number of hydrogen-bond acceptors (Lipinski definition) is 5. The van der Waals surface area contributed by atoms with Gasteiger partial charge in [-0.15, -0.1) is 0 Å². The topological polar surface area (TPSA) is 80.4 Å². The van der Waals surface area contributed by atoms with Crippen molar-refractivity contribution in [3.8, 4) is 17.2 Å². The van der Waals surface area contributed by atoms with Crippen molar-refractivity contribution in [3.05, 3.63) is 95.8 Å². The summed E-state index contributed by atoms with van der Waals surface area (Å²) in [5.41, 5.74) is 8.80. The number of nitrogens with two attached hydrogens (primary N) is 1. The minimum absolute atomic E-state index is 0.336. The lowest BCUT2D eigenvalue weighted by atomic mass is 10.1. The van der Waals surface area contributed by atoms with Gasteiger partial charge >= 0.3 is 0 Å². The van der Waals surface area contributed by atoms with E-state index in [-0.39, 0.29) is 5.82 Å². The summed E-state index contributed by atoms with van der Waals surface area (Å²) in [5.74, 6) is -0.581. The molecule has 4 rings (SSSR count). The number of halogens is 2. The fourth-order valence-corrected chi connectivity index (χ4v) is 3.10. The fourth-order valence-electron chi connectivity index (χ4n) is 3.10. The zero-order valence-corrected chi connectivity index (χ0v) is 16.6. The number of phenolic OH excluding ortho intramolecular Hbond substituents is 1. The van der Waals surface area contributed by atoms with Crippen LogP contribution in [0.15, 0.2) is 72.9 Å². The number of aromatic nitrogens is 1. The Bertz CT molecular complexity index is 1290. The number of aromatic hydroxyl groups is 1. The first-order chi connectivity index (χ1) is 14.9. The molecule has 0 aliphatic heterocycles. The van der Waals surface area contributed by atoms with Gasteiger partial charge in [-0.3, -0.25) is 0 Å². The molecule has 0 saturated heterocycles. The Morgan fingerprint density at radius 3 is 2.68 bits per heavy atom. The highest BCUT2D eigenvalue weighted by atomic mass is 19.1. The van der Waals surface area contributed by atoms with Gasteiger partial charge in [-0.2, -0.15) is 0 Å². The van der Waals surface area contributed by atoms with E-state index in [2.05, 4.69) is 10.3 Å². The molecular weight excluding hydrogens is 400 g/mol. The third-order valence-electron chi connectivity index (χ3n) is 4.57. The molecule has 0 aliphatic carbocycles. The third-order valence-corrected chi connectivity index (χ3v) is 4.57. The number of rotatable bonds is 5. The maximum absolute atomic E-state index is 13.7. The molecule has 4 N–H and O–H groups in total. The molecule has 0 unspecified atom stereocenters. The molecule has 0 radical (unpaired) electrons. The second-order valence-corrected chi connectivity index (χ2v) is 7.00. The summed E-state index contributed by atoms with van der Waals surface area (Å²) < 4.78 is 33.0. The molecule has 1 aromatic heterocycles. The van der Waals surface area contributed by atoms with Gasteiger partial charge in [0.05, 0.1) is 16.9 Å². The predicted octanol–water partition coefficient (Wildman–Crippen LogP) is 5.69. The normalized spacial score (nSPS) is 11.5. The van der Waals surface area contributed by atoms with Gasteiger partial charge < -0.3 is 20.9 Å². The number of benzene rings is 3. The molecule has 156 valence electrons. The van der Waals surface area contributed by atoms with Crippen molar-refractivity contribution in [2.45, 2.75) is 6.92 Å². The van der Waals surface area contributed by atoms with Gasteiger partial charge in [0, 0.05) is 29.4 Å². The van der Waals surface area contributed by atoms with E-state index in [4.69, 9.17) is 10.5 Å². The van der Waals surface area contributed by atoms with Gasteiger partial charge in [0.15, 0.2) is 11.6 Å². The Kier molecular flexibility index (Phi) is 5.41. The van der Waals surface area contributed by atoms with Gasteiger partial charge in [-0.25, -0.2) is 13.8 Å². The SMILES string of the molecule is Cc1cc(F)cc(Oc2cccc3nc(/C(N)=C/Nc4ccc(O)c(F)c4)ccc23)c1. The smallest absolute Gasteiger partial charge is 0.166 e. The Balaban J connectivity index is 1.60. The van der Waals surface area contributed by atoms with Crippen LogP contribution in [-0.2, 0) is 0 Å². The first-order valence-corrected chi connectivity index (χ1v) is 9.45. The van der Waals surface area contributed by atoms with E-state index in [0.29, 0.717) is 34.1 Å². The van der Waals surface area contributed by atoms with Crippen molar-refractivity contribution < 1.29 is 18.6 Å². The van der Waals surface area contributed by atoms with E-state index in [1.807, 2.05) is 12.1 Å². The minimum Gasteiger partial charge on any atom is -0.505 e. The molecule has 0 atom stereocenters. The van der Waals surface area contributed by atoms with Crippen molar-refractivity contribution in [2.24, 2.45) is 5.73 Å². The number of phenols is 1. The van der Waals surface area contributed by atoms with Crippen LogP contribution in [0.1, 0.15) is 11.3 Å². The summed E-state index contributed by atoms with van der Waals surface area (Å²) in [4.78, 5) is 4.56. The average molecular weight is 419 g/mol. The molecule has 0 fully saturated rings. The molecule has 5 nitrogen and oxygen atoms in total.